The Bertz CT molecular complexity index is 784. The average Bonchev–Trinajstić information content (AvgIpc) is 3.22. The summed E-state index contributed by atoms with van der Waals surface area (Å²) in [6.07, 6.45) is 2.16. The third-order valence-electron chi connectivity index (χ3n) is 4.00. The number of aryl methyl sites for hydroxylation is 1. The molecule has 1 N–H and O–H groups in total. The summed E-state index contributed by atoms with van der Waals surface area (Å²) in [5, 5.41) is 20.4. The van der Waals surface area contributed by atoms with Gasteiger partial charge in [-0.2, -0.15) is 4.68 Å². The maximum atomic E-state index is 12.9. The molecule has 1 atom stereocenters. The molecule has 1 aromatic carbocycles. The number of carboxylic acids is 1. The normalized spacial score (nSPS) is 18.0. The largest absolute Gasteiger partial charge is 0.481 e. The minimum Gasteiger partial charge on any atom is -0.481 e. The Hall–Kier alpha value is -3.03. The van der Waals surface area contributed by atoms with Crippen LogP contribution < -0.4 is 0 Å². The monoisotopic (exact) mass is 327 g/mol. The van der Waals surface area contributed by atoms with Crippen LogP contribution in [0.4, 0.5) is 0 Å². The van der Waals surface area contributed by atoms with E-state index in [1.165, 1.54) is 9.58 Å². The van der Waals surface area contributed by atoms with Gasteiger partial charge in [-0.15, -0.1) is 5.10 Å². The van der Waals surface area contributed by atoms with Gasteiger partial charge in [-0.3, -0.25) is 9.59 Å². The van der Waals surface area contributed by atoms with Crippen LogP contribution in [0.3, 0.4) is 0 Å². The molecule has 0 spiro atoms. The Morgan fingerprint density at radius 1 is 1.29 bits per heavy atom. The second kappa shape index (κ2) is 6.61. The highest BCUT2D eigenvalue weighted by atomic mass is 16.4. The van der Waals surface area contributed by atoms with Crippen LogP contribution in [-0.4, -0.2) is 55.2 Å². The van der Waals surface area contributed by atoms with Gasteiger partial charge in [0.2, 0.25) is 0 Å². The van der Waals surface area contributed by atoms with E-state index in [9.17, 15) is 9.59 Å². The summed E-state index contributed by atoms with van der Waals surface area (Å²) in [7, 11) is 0. The number of benzene rings is 1. The summed E-state index contributed by atoms with van der Waals surface area (Å²) in [4.78, 5) is 25.6. The van der Waals surface area contributed by atoms with E-state index in [0.717, 1.165) is 5.56 Å². The Morgan fingerprint density at radius 3 is 2.62 bits per heavy atom. The maximum Gasteiger partial charge on any atom is 0.308 e. The molecule has 1 aliphatic heterocycles. The van der Waals surface area contributed by atoms with E-state index < -0.39 is 11.9 Å². The van der Waals surface area contributed by atoms with Gasteiger partial charge < -0.3 is 10.0 Å². The van der Waals surface area contributed by atoms with Crippen molar-refractivity contribution in [1.29, 1.82) is 0 Å². The Kier molecular flexibility index (Phi) is 4.37. The van der Waals surface area contributed by atoms with Gasteiger partial charge >= 0.3 is 5.97 Å². The second-order valence-electron chi connectivity index (χ2n) is 5.65. The van der Waals surface area contributed by atoms with Crippen LogP contribution in [0.15, 0.2) is 30.3 Å². The van der Waals surface area contributed by atoms with Crippen molar-refractivity contribution in [2.24, 2.45) is 5.92 Å². The van der Waals surface area contributed by atoms with E-state index in [1.807, 2.05) is 30.3 Å². The Morgan fingerprint density at radius 2 is 2.04 bits per heavy atom. The van der Waals surface area contributed by atoms with Gasteiger partial charge in [-0.1, -0.05) is 30.3 Å². The number of tetrazole rings is 1. The van der Waals surface area contributed by atoms with Crippen LogP contribution in [0.5, 0.6) is 0 Å². The molecule has 1 unspecified atom stereocenters. The Balaban J connectivity index is 1.94. The quantitative estimate of drug-likeness (QED) is 0.838. The standard InChI is InChI=1S/C16H17N5O3/c1-11-17-18-19-21(11)14(9-12-5-3-2-4-6-12)15(22)20-8-7-13(10-20)16(23)24/h2-6,9,13H,7-8,10H2,1H3,(H,23,24). The molecule has 0 aliphatic carbocycles. The molecule has 24 heavy (non-hydrogen) atoms. The lowest BCUT2D eigenvalue weighted by Crippen LogP contribution is -2.32. The molecule has 2 heterocycles. The van der Waals surface area contributed by atoms with Crippen molar-refractivity contribution < 1.29 is 14.7 Å². The number of amides is 1. The maximum absolute atomic E-state index is 12.9. The molecule has 1 fully saturated rings. The highest BCUT2D eigenvalue weighted by molar-refractivity contribution is 6.18. The van der Waals surface area contributed by atoms with Gasteiger partial charge in [-0.05, 0) is 35.4 Å². The minimum atomic E-state index is -0.877. The van der Waals surface area contributed by atoms with Crippen LogP contribution in [0.1, 0.15) is 17.8 Å². The molecule has 8 nitrogen and oxygen atoms in total. The van der Waals surface area contributed by atoms with E-state index in [2.05, 4.69) is 15.5 Å². The lowest BCUT2D eigenvalue weighted by atomic mass is 10.1. The lowest BCUT2D eigenvalue weighted by molar-refractivity contribution is -0.141. The number of nitrogens with zero attached hydrogens (tertiary/aromatic N) is 5. The summed E-state index contributed by atoms with van der Waals surface area (Å²) < 4.78 is 1.38. The van der Waals surface area contributed by atoms with Gasteiger partial charge in [0.1, 0.15) is 5.70 Å². The predicted octanol–water partition coefficient (Wildman–Crippen LogP) is 0.913. The topological polar surface area (TPSA) is 101 Å². The van der Waals surface area contributed by atoms with Gasteiger partial charge in [0.15, 0.2) is 5.82 Å². The number of aliphatic carboxylic acids is 1. The molecule has 1 aromatic heterocycles. The molecule has 1 saturated heterocycles. The van der Waals surface area contributed by atoms with Crippen LogP contribution in [0.25, 0.3) is 11.8 Å². The lowest BCUT2D eigenvalue weighted by Gasteiger charge is -2.18. The molecule has 8 heteroatoms. The average molecular weight is 327 g/mol. The first kappa shape index (κ1) is 15.9. The predicted molar refractivity (Wildman–Crippen MR) is 85.5 cm³/mol. The van der Waals surface area contributed by atoms with Gasteiger partial charge in [0, 0.05) is 13.1 Å². The zero-order valence-corrected chi connectivity index (χ0v) is 13.2. The van der Waals surface area contributed by atoms with Crippen molar-refractivity contribution in [3.63, 3.8) is 0 Å². The smallest absolute Gasteiger partial charge is 0.308 e. The summed E-state index contributed by atoms with van der Waals surface area (Å²) in [6, 6.07) is 9.38. The fourth-order valence-corrected chi connectivity index (χ4v) is 2.68. The molecule has 1 aliphatic rings. The zero-order chi connectivity index (χ0) is 17.1. The van der Waals surface area contributed by atoms with Crippen LogP contribution in [0, 0.1) is 12.8 Å². The number of carbonyl (C=O) groups excluding carboxylic acids is 1. The van der Waals surface area contributed by atoms with Crippen LogP contribution >= 0.6 is 0 Å². The molecule has 2 aromatic rings. The molecule has 0 saturated carbocycles. The van der Waals surface area contributed by atoms with E-state index >= 15 is 0 Å². The summed E-state index contributed by atoms with van der Waals surface area (Å²) in [5.41, 5.74) is 1.14. The van der Waals surface area contributed by atoms with Crippen LogP contribution in [0.2, 0.25) is 0 Å². The fourth-order valence-electron chi connectivity index (χ4n) is 2.68. The first-order chi connectivity index (χ1) is 11.6. The summed E-state index contributed by atoms with van der Waals surface area (Å²) >= 11 is 0. The van der Waals surface area contributed by atoms with E-state index in [4.69, 9.17) is 5.11 Å². The SMILES string of the molecule is Cc1nnnn1C(=Cc1ccccc1)C(=O)N1CCC(C(=O)O)C1. The molecule has 0 bridgehead atoms. The third kappa shape index (κ3) is 3.17. The number of rotatable bonds is 4. The molecular weight excluding hydrogens is 310 g/mol. The van der Waals surface area contributed by atoms with E-state index in [0.29, 0.717) is 24.5 Å². The highest BCUT2D eigenvalue weighted by Crippen LogP contribution is 2.21. The number of carboxylic acid groups (broad SMARTS) is 1. The van der Waals surface area contributed by atoms with E-state index in [-0.39, 0.29) is 12.5 Å². The van der Waals surface area contributed by atoms with Crippen LogP contribution in [-0.2, 0) is 9.59 Å². The number of aromatic nitrogens is 4. The first-order valence-electron chi connectivity index (χ1n) is 7.60. The van der Waals surface area contributed by atoms with Gasteiger partial charge in [0.25, 0.3) is 5.91 Å². The molecule has 0 radical (unpaired) electrons. The van der Waals surface area contributed by atoms with E-state index in [1.54, 1.807) is 13.0 Å². The first-order valence-corrected chi connectivity index (χ1v) is 7.60. The zero-order valence-electron chi connectivity index (χ0n) is 13.2. The van der Waals surface area contributed by atoms with Crippen molar-refractivity contribution in [3.8, 4) is 0 Å². The molecule has 1 amide bonds. The number of likely N-dealkylation sites (tertiary alicyclic amines) is 1. The molecule has 124 valence electrons. The number of hydrogen-bond acceptors (Lipinski definition) is 5. The fraction of sp³-hybridized carbons (Fsp3) is 0.312. The van der Waals surface area contributed by atoms with Crippen molar-refractivity contribution in [2.45, 2.75) is 13.3 Å². The number of carbonyl (C=O) groups is 2. The Labute approximate surface area is 138 Å². The van der Waals surface area contributed by atoms with Crippen molar-refractivity contribution in [1.82, 2.24) is 25.1 Å². The second-order valence-corrected chi connectivity index (χ2v) is 5.65. The minimum absolute atomic E-state index is 0.196. The van der Waals surface area contributed by atoms with Gasteiger partial charge in [-0.25, -0.2) is 0 Å². The van der Waals surface area contributed by atoms with Crippen molar-refractivity contribution >= 4 is 23.6 Å². The number of hydrogen-bond donors (Lipinski definition) is 1. The molecular formula is C16H17N5O3. The third-order valence-corrected chi connectivity index (χ3v) is 4.00. The molecule has 3 rings (SSSR count). The van der Waals surface area contributed by atoms with Crippen molar-refractivity contribution in [2.75, 3.05) is 13.1 Å². The van der Waals surface area contributed by atoms with Crippen molar-refractivity contribution in [3.05, 3.63) is 41.7 Å². The van der Waals surface area contributed by atoms with Gasteiger partial charge in [0.05, 0.1) is 5.92 Å². The highest BCUT2D eigenvalue weighted by Gasteiger charge is 2.33. The summed E-state index contributed by atoms with van der Waals surface area (Å²) in [5.74, 6) is -1.20. The summed E-state index contributed by atoms with van der Waals surface area (Å²) in [6.45, 7) is 2.31.